The van der Waals surface area contributed by atoms with Crippen molar-refractivity contribution in [1.82, 2.24) is 4.90 Å². The molecule has 1 heterocycles. The Labute approximate surface area is 130 Å². The zero-order valence-corrected chi connectivity index (χ0v) is 12.4. The molecule has 0 radical (unpaired) electrons. The van der Waals surface area contributed by atoms with E-state index in [1.54, 1.807) is 0 Å². The summed E-state index contributed by atoms with van der Waals surface area (Å²) in [5, 5.41) is 0. The number of rotatable bonds is 5. The number of fused-ring (bicyclic) bond motifs is 1. The van der Waals surface area contributed by atoms with Gasteiger partial charge in [-0.1, -0.05) is 0 Å². The zero-order valence-electron chi connectivity index (χ0n) is 12.4. The zero-order chi connectivity index (χ0) is 17.3. The molecular weight excluding hydrogens is 312 g/mol. The highest BCUT2D eigenvalue weighted by molar-refractivity contribution is 6.22. The molecule has 0 saturated carbocycles. The monoisotopic (exact) mass is 325 g/mol. The fraction of sp³-hybridized carbons (Fsp3) is 0.333. The molecule has 1 aliphatic heterocycles. The molecule has 1 aliphatic rings. The van der Waals surface area contributed by atoms with Crippen LogP contribution in [0.2, 0.25) is 0 Å². The minimum absolute atomic E-state index is 0.00792. The molecule has 23 heavy (non-hydrogen) atoms. The van der Waals surface area contributed by atoms with E-state index in [-0.39, 0.29) is 6.61 Å². The Hall–Kier alpha value is -2.64. The molecule has 0 bridgehead atoms. The van der Waals surface area contributed by atoms with E-state index in [4.69, 9.17) is 4.74 Å². The molecule has 122 valence electrons. The fourth-order valence-electron chi connectivity index (χ4n) is 2.29. The van der Waals surface area contributed by atoms with Crippen LogP contribution < -0.4 is 0 Å². The van der Waals surface area contributed by atoms with Gasteiger partial charge in [-0.05, 0) is 26.0 Å². The van der Waals surface area contributed by atoms with Crippen molar-refractivity contribution in [3.63, 3.8) is 0 Å². The van der Waals surface area contributed by atoms with Crippen LogP contribution in [-0.2, 0) is 14.3 Å². The quantitative estimate of drug-likeness (QED) is 0.463. The Balaban J connectivity index is 2.36. The van der Waals surface area contributed by atoms with Crippen LogP contribution in [0.15, 0.2) is 12.1 Å². The molecule has 0 N–H and O–H groups in total. The number of benzene rings is 1. The second-order valence-electron chi connectivity index (χ2n) is 4.92. The van der Waals surface area contributed by atoms with Gasteiger partial charge in [-0.2, -0.15) is 0 Å². The summed E-state index contributed by atoms with van der Waals surface area (Å²) in [4.78, 5) is 48.1. The van der Waals surface area contributed by atoms with E-state index in [9.17, 15) is 28.0 Å². The van der Waals surface area contributed by atoms with Crippen molar-refractivity contribution in [3.8, 4) is 0 Å². The van der Waals surface area contributed by atoms with Crippen LogP contribution in [0.1, 0.15) is 34.6 Å². The van der Waals surface area contributed by atoms with Gasteiger partial charge in [0.05, 0.1) is 17.7 Å². The van der Waals surface area contributed by atoms with Crippen LogP contribution in [0, 0.1) is 17.6 Å². The predicted octanol–water partition coefficient (Wildman–Crippen LogP) is 1.33. The summed E-state index contributed by atoms with van der Waals surface area (Å²) in [6, 6.07) is 1.47. The number of esters is 1. The maximum Gasteiger partial charge on any atom is 0.318 e. The maximum absolute atomic E-state index is 13.7. The van der Waals surface area contributed by atoms with Gasteiger partial charge in [0, 0.05) is 6.54 Å². The number of hydrogen-bond acceptors (Lipinski definition) is 5. The first-order valence-corrected chi connectivity index (χ1v) is 6.80. The van der Waals surface area contributed by atoms with E-state index in [0.29, 0.717) is 4.90 Å². The third-order valence-electron chi connectivity index (χ3n) is 3.45. The molecule has 0 spiro atoms. The molecule has 0 saturated heterocycles. The summed E-state index contributed by atoms with van der Waals surface area (Å²) in [7, 11) is 0. The number of halogens is 2. The largest absolute Gasteiger partial charge is 0.465 e. The van der Waals surface area contributed by atoms with Crippen molar-refractivity contribution in [1.29, 1.82) is 0 Å². The molecule has 2 amide bonds. The van der Waals surface area contributed by atoms with Crippen LogP contribution in [0.25, 0.3) is 0 Å². The normalized spacial score (nSPS) is 14.7. The van der Waals surface area contributed by atoms with Crippen LogP contribution in [-0.4, -0.2) is 41.6 Å². The minimum atomic E-state index is -1.40. The summed E-state index contributed by atoms with van der Waals surface area (Å²) in [5.74, 6) is -7.19. The molecule has 1 aromatic rings. The topological polar surface area (TPSA) is 80.8 Å². The molecule has 0 fully saturated rings. The van der Waals surface area contributed by atoms with E-state index in [1.165, 1.54) is 6.92 Å². The minimum Gasteiger partial charge on any atom is -0.465 e. The van der Waals surface area contributed by atoms with E-state index < -0.39 is 58.8 Å². The molecule has 1 aromatic carbocycles. The van der Waals surface area contributed by atoms with E-state index in [1.807, 2.05) is 0 Å². The van der Waals surface area contributed by atoms with Gasteiger partial charge >= 0.3 is 5.97 Å². The molecule has 0 aliphatic carbocycles. The highest BCUT2D eigenvalue weighted by atomic mass is 19.1. The van der Waals surface area contributed by atoms with Crippen LogP contribution >= 0.6 is 0 Å². The first-order valence-electron chi connectivity index (χ1n) is 6.80. The van der Waals surface area contributed by atoms with Crippen molar-refractivity contribution in [2.24, 2.45) is 5.92 Å². The van der Waals surface area contributed by atoms with Gasteiger partial charge in [0.2, 0.25) is 0 Å². The number of hydrogen-bond donors (Lipinski definition) is 0. The summed E-state index contributed by atoms with van der Waals surface area (Å²) in [6.45, 7) is 2.01. The lowest BCUT2D eigenvalue weighted by Gasteiger charge is -2.19. The molecular formula is C15H13F2NO5. The Morgan fingerprint density at radius 1 is 1.13 bits per heavy atom. The van der Waals surface area contributed by atoms with Crippen LogP contribution in [0.4, 0.5) is 8.78 Å². The Kier molecular flexibility index (Phi) is 4.53. The lowest BCUT2D eigenvalue weighted by atomic mass is 10.1. The van der Waals surface area contributed by atoms with Crippen molar-refractivity contribution < 1.29 is 32.7 Å². The highest BCUT2D eigenvalue weighted by Crippen LogP contribution is 2.28. The van der Waals surface area contributed by atoms with E-state index in [2.05, 4.69) is 0 Å². The SMILES string of the molecule is CCOC(=O)[C@@H](CN1C(=O)c2c(F)ccc(F)c2C1=O)C(C)=O. The van der Waals surface area contributed by atoms with Gasteiger partial charge in [0.15, 0.2) is 0 Å². The van der Waals surface area contributed by atoms with E-state index >= 15 is 0 Å². The average Bonchev–Trinajstić information content (AvgIpc) is 2.73. The maximum atomic E-state index is 13.7. The Bertz CT molecular complexity index is 675. The lowest BCUT2D eigenvalue weighted by Crippen LogP contribution is -2.40. The summed E-state index contributed by atoms with van der Waals surface area (Å²) in [5.41, 5.74) is -1.39. The van der Waals surface area contributed by atoms with Gasteiger partial charge in [-0.25, -0.2) is 8.78 Å². The number of nitrogens with zero attached hydrogens (tertiary/aromatic N) is 1. The first-order chi connectivity index (χ1) is 10.8. The standard InChI is InChI=1S/C15H13F2NO5/c1-3-23-15(22)8(7(2)19)6-18-13(20)11-9(16)4-5-10(17)12(11)14(18)21/h4-5,8H,3,6H2,1-2H3/t8-/m0/s1. The van der Waals surface area contributed by atoms with Crippen molar-refractivity contribution in [2.75, 3.05) is 13.2 Å². The molecule has 2 rings (SSSR count). The number of carbonyl (C=O) groups excluding carboxylic acids is 4. The Morgan fingerprint density at radius 3 is 2.00 bits per heavy atom. The number of amides is 2. The second kappa shape index (κ2) is 6.23. The summed E-state index contributed by atoms with van der Waals surface area (Å²) >= 11 is 0. The highest BCUT2D eigenvalue weighted by Gasteiger charge is 2.43. The number of carbonyl (C=O) groups is 4. The smallest absolute Gasteiger partial charge is 0.318 e. The van der Waals surface area contributed by atoms with Crippen LogP contribution in [0.3, 0.4) is 0 Å². The average molecular weight is 325 g/mol. The second-order valence-corrected chi connectivity index (χ2v) is 4.92. The number of ether oxygens (including phenoxy) is 1. The van der Waals surface area contributed by atoms with E-state index in [0.717, 1.165) is 19.1 Å². The van der Waals surface area contributed by atoms with Crippen molar-refractivity contribution in [3.05, 3.63) is 34.9 Å². The number of Topliss-reactive ketones (excluding diaryl/α,β-unsaturated/α-hetero) is 1. The fourth-order valence-corrected chi connectivity index (χ4v) is 2.29. The van der Waals surface area contributed by atoms with Gasteiger partial charge < -0.3 is 4.74 Å². The van der Waals surface area contributed by atoms with Gasteiger partial charge in [-0.3, -0.25) is 24.1 Å². The van der Waals surface area contributed by atoms with Crippen LogP contribution in [0.5, 0.6) is 0 Å². The summed E-state index contributed by atoms with van der Waals surface area (Å²) in [6.07, 6.45) is 0. The van der Waals surface area contributed by atoms with Gasteiger partial charge in [-0.15, -0.1) is 0 Å². The first kappa shape index (κ1) is 16.7. The number of ketones is 1. The van der Waals surface area contributed by atoms with Gasteiger partial charge in [0.25, 0.3) is 11.8 Å². The molecule has 1 atom stereocenters. The summed E-state index contributed by atoms with van der Waals surface area (Å²) < 4.78 is 32.1. The molecule has 6 nitrogen and oxygen atoms in total. The van der Waals surface area contributed by atoms with Crippen molar-refractivity contribution in [2.45, 2.75) is 13.8 Å². The predicted molar refractivity (Wildman–Crippen MR) is 72.5 cm³/mol. The molecule has 0 aromatic heterocycles. The molecule has 0 unspecified atom stereocenters. The number of imide groups is 1. The third-order valence-corrected chi connectivity index (χ3v) is 3.45. The lowest BCUT2D eigenvalue weighted by molar-refractivity contribution is -0.151. The molecule has 8 heteroatoms. The van der Waals surface area contributed by atoms with Gasteiger partial charge in [0.1, 0.15) is 23.3 Å². The van der Waals surface area contributed by atoms with Crippen molar-refractivity contribution >= 4 is 23.6 Å². The Morgan fingerprint density at radius 2 is 1.61 bits per heavy atom. The third kappa shape index (κ3) is 2.84.